The molecule has 0 atom stereocenters. The van der Waals surface area contributed by atoms with Crippen molar-refractivity contribution in [2.24, 2.45) is 0 Å². The fourth-order valence-electron chi connectivity index (χ4n) is 2.08. The third kappa shape index (κ3) is 5.46. The quantitative estimate of drug-likeness (QED) is 0.507. The molecule has 0 saturated carbocycles. The molecule has 2 amide bonds. The first-order valence-electron chi connectivity index (χ1n) is 7.71. The first-order valence-corrected chi connectivity index (χ1v) is 8.50. The lowest BCUT2D eigenvalue weighted by atomic mass is 10.2. The fraction of sp³-hybridized carbons (Fsp3) is 0.105. The molecule has 26 heavy (non-hydrogen) atoms. The van der Waals surface area contributed by atoms with Crippen molar-refractivity contribution in [2.45, 2.75) is 13.8 Å². The Kier molecular flexibility index (Phi) is 6.53. The molecule has 0 saturated heterocycles. The highest BCUT2D eigenvalue weighted by molar-refractivity contribution is 9.10. The van der Waals surface area contributed by atoms with E-state index in [0.29, 0.717) is 11.4 Å². The third-order valence-electron chi connectivity index (χ3n) is 3.37. The standard InChI is InChI=1S/C19H17BrN4O2/c1-12-9-17(7-8-18(12)20)22-11-14(10-21)19(26)24-16-5-3-15(4-6-16)23-13(2)25/h3-9,11,22H,1-2H3,(H,23,25)(H,24,26)/b14-11-. The monoisotopic (exact) mass is 412 g/mol. The van der Waals surface area contributed by atoms with Crippen LogP contribution in [0.2, 0.25) is 0 Å². The van der Waals surface area contributed by atoms with Gasteiger partial charge in [0.05, 0.1) is 0 Å². The Labute approximate surface area is 160 Å². The molecule has 7 heteroatoms. The number of carbonyl (C=O) groups is 2. The zero-order valence-electron chi connectivity index (χ0n) is 14.3. The summed E-state index contributed by atoms with van der Waals surface area (Å²) >= 11 is 3.42. The Morgan fingerprint density at radius 1 is 1.04 bits per heavy atom. The molecule has 0 aromatic heterocycles. The number of nitrogens with zero attached hydrogens (tertiary/aromatic N) is 1. The number of anilines is 3. The molecule has 2 aromatic carbocycles. The van der Waals surface area contributed by atoms with Gasteiger partial charge in [0.15, 0.2) is 0 Å². The van der Waals surface area contributed by atoms with Gasteiger partial charge in [-0.15, -0.1) is 0 Å². The Bertz CT molecular complexity index is 899. The summed E-state index contributed by atoms with van der Waals surface area (Å²) in [7, 11) is 0. The van der Waals surface area contributed by atoms with Gasteiger partial charge in [0.25, 0.3) is 5.91 Å². The molecule has 0 aliphatic carbocycles. The molecule has 0 spiro atoms. The van der Waals surface area contributed by atoms with E-state index in [1.54, 1.807) is 24.3 Å². The maximum absolute atomic E-state index is 12.2. The molecule has 0 unspecified atom stereocenters. The Balaban J connectivity index is 2.04. The molecule has 0 aliphatic heterocycles. The van der Waals surface area contributed by atoms with Crippen LogP contribution >= 0.6 is 15.9 Å². The van der Waals surface area contributed by atoms with Crippen LogP contribution in [0, 0.1) is 18.3 Å². The highest BCUT2D eigenvalue weighted by Crippen LogP contribution is 2.20. The Morgan fingerprint density at radius 3 is 2.15 bits per heavy atom. The lowest BCUT2D eigenvalue weighted by molar-refractivity contribution is -0.114. The van der Waals surface area contributed by atoms with Crippen LogP contribution in [0.25, 0.3) is 0 Å². The van der Waals surface area contributed by atoms with E-state index < -0.39 is 5.91 Å². The molecule has 0 radical (unpaired) electrons. The number of halogens is 1. The molecule has 0 aliphatic rings. The lowest BCUT2D eigenvalue weighted by Gasteiger charge is -2.07. The van der Waals surface area contributed by atoms with E-state index in [9.17, 15) is 14.9 Å². The molecular formula is C19H17BrN4O2. The second-order valence-electron chi connectivity index (χ2n) is 5.49. The number of hydrogen-bond acceptors (Lipinski definition) is 4. The highest BCUT2D eigenvalue weighted by Gasteiger charge is 2.09. The van der Waals surface area contributed by atoms with Gasteiger partial charge in [-0.3, -0.25) is 9.59 Å². The van der Waals surface area contributed by atoms with Crippen LogP contribution < -0.4 is 16.0 Å². The number of amides is 2. The second-order valence-corrected chi connectivity index (χ2v) is 6.35. The summed E-state index contributed by atoms with van der Waals surface area (Å²) in [6.07, 6.45) is 1.36. The average Bonchev–Trinajstić information content (AvgIpc) is 2.60. The summed E-state index contributed by atoms with van der Waals surface area (Å²) in [5.74, 6) is -0.702. The van der Waals surface area contributed by atoms with Crippen LogP contribution in [0.3, 0.4) is 0 Å². The van der Waals surface area contributed by atoms with Crippen molar-refractivity contribution >= 4 is 44.8 Å². The van der Waals surface area contributed by atoms with E-state index in [0.717, 1.165) is 15.7 Å². The van der Waals surface area contributed by atoms with Crippen molar-refractivity contribution in [2.75, 3.05) is 16.0 Å². The number of carbonyl (C=O) groups excluding carboxylic acids is 2. The van der Waals surface area contributed by atoms with Gasteiger partial charge in [0.1, 0.15) is 11.6 Å². The van der Waals surface area contributed by atoms with E-state index >= 15 is 0 Å². The minimum atomic E-state index is -0.527. The first-order chi connectivity index (χ1) is 12.4. The summed E-state index contributed by atoms with van der Waals surface area (Å²) in [6.45, 7) is 3.36. The molecular weight excluding hydrogens is 396 g/mol. The van der Waals surface area contributed by atoms with Gasteiger partial charge in [-0.1, -0.05) is 15.9 Å². The summed E-state index contributed by atoms with van der Waals surface area (Å²) in [5.41, 5.74) is 2.89. The highest BCUT2D eigenvalue weighted by atomic mass is 79.9. The average molecular weight is 413 g/mol. The normalized spacial score (nSPS) is 10.6. The zero-order chi connectivity index (χ0) is 19.1. The van der Waals surface area contributed by atoms with Gasteiger partial charge in [-0.25, -0.2) is 0 Å². The maximum atomic E-state index is 12.2. The number of rotatable bonds is 5. The van der Waals surface area contributed by atoms with Crippen LogP contribution in [0.4, 0.5) is 17.1 Å². The molecule has 0 fully saturated rings. The van der Waals surface area contributed by atoms with Crippen molar-refractivity contribution in [3.05, 3.63) is 64.3 Å². The summed E-state index contributed by atoms with van der Waals surface area (Å²) in [6, 6.07) is 14.1. The van der Waals surface area contributed by atoms with Crippen molar-refractivity contribution < 1.29 is 9.59 Å². The predicted molar refractivity (Wildman–Crippen MR) is 106 cm³/mol. The molecule has 2 rings (SSSR count). The number of aryl methyl sites for hydroxylation is 1. The number of benzene rings is 2. The van der Waals surface area contributed by atoms with E-state index in [4.69, 9.17) is 0 Å². The van der Waals surface area contributed by atoms with Crippen LogP contribution in [-0.4, -0.2) is 11.8 Å². The predicted octanol–water partition coefficient (Wildman–Crippen LogP) is 4.17. The maximum Gasteiger partial charge on any atom is 0.267 e. The van der Waals surface area contributed by atoms with Crippen molar-refractivity contribution in [3.63, 3.8) is 0 Å². The SMILES string of the molecule is CC(=O)Nc1ccc(NC(=O)/C(C#N)=C\Nc2ccc(Br)c(C)c2)cc1. The Hall–Kier alpha value is -3.11. The fourth-order valence-corrected chi connectivity index (χ4v) is 2.32. The smallest absolute Gasteiger partial charge is 0.267 e. The van der Waals surface area contributed by atoms with Crippen LogP contribution in [0.1, 0.15) is 12.5 Å². The number of nitriles is 1. The van der Waals surface area contributed by atoms with Crippen molar-refractivity contribution in [1.29, 1.82) is 5.26 Å². The minimum absolute atomic E-state index is 0.0588. The summed E-state index contributed by atoms with van der Waals surface area (Å²) < 4.78 is 0.980. The van der Waals surface area contributed by atoms with Crippen LogP contribution in [0.5, 0.6) is 0 Å². The van der Waals surface area contributed by atoms with Gasteiger partial charge in [0, 0.05) is 34.7 Å². The van der Waals surface area contributed by atoms with Crippen LogP contribution in [-0.2, 0) is 9.59 Å². The molecule has 132 valence electrons. The van der Waals surface area contributed by atoms with Gasteiger partial charge in [-0.05, 0) is 55.0 Å². The van der Waals surface area contributed by atoms with Gasteiger partial charge in [-0.2, -0.15) is 5.26 Å². The van der Waals surface area contributed by atoms with E-state index in [1.807, 2.05) is 31.2 Å². The first kappa shape index (κ1) is 19.2. The lowest BCUT2D eigenvalue weighted by Crippen LogP contribution is -2.14. The largest absolute Gasteiger partial charge is 0.360 e. The molecule has 2 aromatic rings. The zero-order valence-corrected chi connectivity index (χ0v) is 15.8. The van der Waals surface area contributed by atoms with Gasteiger partial charge in [0.2, 0.25) is 5.91 Å². The van der Waals surface area contributed by atoms with Gasteiger partial charge >= 0.3 is 0 Å². The van der Waals surface area contributed by atoms with E-state index in [1.165, 1.54) is 13.1 Å². The number of nitrogens with one attached hydrogen (secondary N) is 3. The minimum Gasteiger partial charge on any atom is -0.360 e. The topological polar surface area (TPSA) is 94.0 Å². The van der Waals surface area contributed by atoms with Gasteiger partial charge < -0.3 is 16.0 Å². The van der Waals surface area contributed by atoms with E-state index in [-0.39, 0.29) is 11.5 Å². The summed E-state index contributed by atoms with van der Waals surface area (Å²) in [5, 5.41) is 17.4. The van der Waals surface area contributed by atoms with E-state index in [2.05, 4.69) is 31.9 Å². The third-order valence-corrected chi connectivity index (χ3v) is 4.26. The Morgan fingerprint density at radius 2 is 1.62 bits per heavy atom. The second kappa shape index (κ2) is 8.83. The molecule has 6 nitrogen and oxygen atoms in total. The summed E-state index contributed by atoms with van der Waals surface area (Å²) in [4.78, 5) is 23.2. The van der Waals surface area contributed by atoms with Crippen molar-refractivity contribution in [1.82, 2.24) is 0 Å². The molecule has 3 N–H and O–H groups in total. The van der Waals surface area contributed by atoms with Crippen LogP contribution in [0.15, 0.2) is 58.7 Å². The molecule has 0 bridgehead atoms. The molecule has 0 heterocycles. The number of hydrogen-bond donors (Lipinski definition) is 3. The van der Waals surface area contributed by atoms with Crippen molar-refractivity contribution in [3.8, 4) is 6.07 Å².